The molecule has 1 aliphatic rings. The molecule has 1 unspecified atom stereocenters. The van der Waals surface area contributed by atoms with Crippen molar-refractivity contribution in [1.82, 2.24) is 4.98 Å². The van der Waals surface area contributed by atoms with Gasteiger partial charge in [-0.25, -0.2) is 4.98 Å². The number of hydrogen-bond acceptors (Lipinski definition) is 5. The van der Waals surface area contributed by atoms with Gasteiger partial charge >= 0.3 is 0 Å². The lowest BCUT2D eigenvalue weighted by molar-refractivity contribution is -0.115. The molecule has 134 valence electrons. The van der Waals surface area contributed by atoms with Crippen LogP contribution in [0.5, 0.6) is 11.5 Å². The van der Waals surface area contributed by atoms with Gasteiger partial charge in [0.2, 0.25) is 5.91 Å². The van der Waals surface area contributed by atoms with Crippen molar-refractivity contribution in [1.29, 1.82) is 0 Å². The molecule has 0 bridgehead atoms. The van der Waals surface area contributed by atoms with Gasteiger partial charge in [0, 0.05) is 29.3 Å². The predicted molar refractivity (Wildman–Crippen MR) is 99.9 cm³/mol. The Balaban J connectivity index is 1.74. The van der Waals surface area contributed by atoms with E-state index in [1.165, 1.54) is 0 Å². The molecule has 0 radical (unpaired) electrons. The standard InChI is InChI=1S/C19H24N2O3S/c1-5-23-17-7-13-6-12(4)24-16(13)9-15(17)21-18(22)8-14-10-25-19(20-14)11(2)3/h7,9-12H,5-6,8H2,1-4H3,(H,21,22). The van der Waals surface area contributed by atoms with Crippen LogP contribution in [0.4, 0.5) is 5.69 Å². The largest absolute Gasteiger partial charge is 0.492 e. The monoisotopic (exact) mass is 360 g/mol. The lowest BCUT2D eigenvalue weighted by Crippen LogP contribution is -2.15. The van der Waals surface area contributed by atoms with Gasteiger partial charge in [0.1, 0.15) is 17.6 Å². The van der Waals surface area contributed by atoms with Gasteiger partial charge in [-0.3, -0.25) is 4.79 Å². The van der Waals surface area contributed by atoms with E-state index in [0.717, 1.165) is 28.4 Å². The molecule has 1 aromatic carbocycles. The van der Waals surface area contributed by atoms with Gasteiger partial charge in [-0.2, -0.15) is 0 Å². The molecule has 1 aromatic heterocycles. The van der Waals surface area contributed by atoms with Crippen LogP contribution >= 0.6 is 11.3 Å². The minimum Gasteiger partial charge on any atom is -0.492 e. The summed E-state index contributed by atoms with van der Waals surface area (Å²) in [4.78, 5) is 17.0. The Hall–Kier alpha value is -2.08. The quantitative estimate of drug-likeness (QED) is 0.840. The van der Waals surface area contributed by atoms with E-state index in [1.807, 2.05) is 31.4 Å². The molecule has 0 spiro atoms. The van der Waals surface area contributed by atoms with Crippen molar-refractivity contribution < 1.29 is 14.3 Å². The molecule has 1 N–H and O–H groups in total. The number of fused-ring (bicyclic) bond motifs is 1. The predicted octanol–water partition coefficient (Wildman–Crippen LogP) is 4.17. The van der Waals surface area contributed by atoms with Crippen molar-refractivity contribution in [2.45, 2.75) is 52.6 Å². The van der Waals surface area contributed by atoms with Crippen LogP contribution in [-0.4, -0.2) is 23.6 Å². The smallest absolute Gasteiger partial charge is 0.230 e. The van der Waals surface area contributed by atoms with Gasteiger partial charge in [-0.15, -0.1) is 11.3 Å². The van der Waals surface area contributed by atoms with Crippen molar-refractivity contribution in [2.75, 3.05) is 11.9 Å². The van der Waals surface area contributed by atoms with Crippen molar-refractivity contribution in [2.24, 2.45) is 0 Å². The minimum atomic E-state index is -0.104. The molecule has 0 saturated heterocycles. The minimum absolute atomic E-state index is 0.104. The number of nitrogens with zero attached hydrogens (tertiary/aromatic N) is 1. The number of hydrogen-bond donors (Lipinski definition) is 1. The number of carbonyl (C=O) groups excluding carboxylic acids is 1. The lowest BCUT2D eigenvalue weighted by Gasteiger charge is -2.13. The Labute approximate surface area is 152 Å². The average Bonchev–Trinajstić information content (AvgIpc) is 3.13. The Morgan fingerprint density at radius 2 is 2.28 bits per heavy atom. The molecule has 0 aliphatic carbocycles. The maximum atomic E-state index is 12.4. The van der Waals surface area contributed by atoms with Crippen LogP contribution in [0.25, 0.3) is 0 Å². The van der Waals surface area contributed by atoms with E-state index in [-0.39, 0.29) is 18.4 Å². The highest BCUT2D eigenvalue weighted by atomic mass is 32.1. The molecule has 1 atom stereocenters. The first kappa shape index (κ1) is 17.7. The van der Waals surface area contributed by atoms with Gasteiger partial charge < -0.3 is 14.8 Å². The fourth-order valence-electron chi connectivity index (χ4n) is 2.84. The highest BCUT2D eigenvalue weighted by Gasteiger charge is 2.22. The van der Waals surface area contributed by atoms with Crippen LogP contribution in [0, 0.1) is 0 Å². The molecule has 0 saturated carbocycles. The van der Waals surface area contributed by atoms with Gasteiger partial charge in [0.05, 0.1) is 29.4 Å². The summed E-state index contributed by atoms with van der Waals surface area (Å²) in [5, 5.41) is 5.95. The fourth-order valence-corrected chi connectivity index (χ4v) is 3.67. The second kappa shape index (κ2) is 7.44. The Morgan fingerprint density at radius 3 is 2.96 bits per heavy atom. The van der Waals surface area contributed by atoms with Crippen molar-refractivity contribution in [3.05, 3.63) is 33.8 Å². The first-order valence-electron chi connectivity index (χ1n) is 8.66. The first-order valence-corrected chi connectivity index (χ1v) is 9.54. The SMILES string of the molecule is CCOc1cc2c(cc1NC(=O)Cc1csc(C(C)C)n1)OC(C)C2. The van der Waals surface area contributed by atoms with Crippen molar-refractivity contribution in [3.63, 3.8) is 0 Å². The van der Waals surface area contributed by atoms with Crippen LogP contribution in [0.15, 0.2) is 17.5 Å². The molecule has 3 rings (SSSR count). The summed E-state index contributed by atoms with van der Waals surface area (Å²) in [5.41, 5.74) is 2.57. The number of rotatable bonds is 6. The summed E-state index contributed by atoms with van der Waals surface area (Å²) < 4.78 is 11.5. The summed E-state index contributed by atoms with van der Waals surface area (Å²) >= 11 is 1.60. The van der Waals surface area contributed by atoms with Crippen LogP contribution < -0.4 is 14.8 Å². The molecule has 6 heteroatoms. The van der Waals surface area contributed by atoms with Gasteiger partial charge in [-0.1, -0.05) is 13.8 Å². The molecule has 25 heavy (non-hydrogen) atoms. The van der Waals surface area contributed by atoms with Crippen LogP contribution in [0.1, 0.15) is 49.9 Å². The maximum absolute atomic E-state index is 12.4. The third-order valence-corrected chi connectivity index (χ3v) is 5.17. The second-order valence-corrected chi connectivity index (χ2v) is 7.47. The van der Waals surface area contributed by atoms with E-state index in [0.29, 0.717) is 24.0 Å². The van der Waals surface area contributed by atoms with E-state index in [4.69, 9.17) is 9.47 Å². The van der Waals surface area contributed by atoms with E-state index >= 15 is 0 Å². The van der Waals surface area contributed by atoms with E-state index in [1.54, 1.807) is 11.3 Å². The number of nitrogens with one attached hydrogen (secondary N) is 1. The number of thiazole rings is 1. The second-order valence-electron chi connectivity index (χ2n) is 6.58. The number of aromatic nitrogens is 1. The zero-order valence-corrected chi connectivity index (χ0v) is 15.9. The van der Waals surface area contributed by atoms with Gasteiger partial charge in [0.25, 0.3) is 0 Å². The number of anilines is 1. The Morgan fingerprint density at radius 1 is 1.48 bits per heavy atom. The first-order chi connectivity index (χ1) is 12.0. The van der Waals surface area contributed by atoms with E-state index in [2.05, 4.69) is 24.1 Å². The van der Waals surface area contributed by atoms with Gasteiger partial charge in [-0.05, 0) is 19.9 Å². The van der Waals surface area contributed by atoms with E-state index < -0.39 is 0 Å². The zero-order valence-electron chi connectivity index (χ0n) is 15.1. The number of ether oxygens (including phenoxy) is 2. The third-order valence-electron chi connectivity index (χ3n) is 3.98. The average molecular weight is 360 g/mol. The molecule has 5 nitrogen and oxygen atoms in total. The number of carbonyl (C=O) groups is 1. The highest BCUT2D eigenvalue weighted by Crippen LogP contribution is 2.38. The molecule has 1 amide bonds. The number of amides is 1. The number of benzene rings is 1. The normalized spacial score (nSPS) is 15.8. The third kappa shape index (κ3) is 4.12. The Kier molecular flexibility index (Phi) is 5.27. The van der Waals surface area contributed by atoms with Crippen LogP contribution in [0.3, 0.4) is 0 Å². The van der Waals surface area contributed by atoms with Gasteiger partial charge in [0.15, 0.2) is 0 Å². The molecule has 2 heterocycles. The zero-order chi connectivity index (χ0) is 18.0. The molecule has 1 aliphatic heterocycles. The van der Waals surface area contributed by atoms with Crippen molar-refractivity contribution >= 4 is 22.9 Å². The summed E-state index contributed by atoms with van der Waals surface area (Å²) in [7, 11) is 0. The highest BCUT2D eigenvalue weighted by molar-refractivity contribution is 7.09. The molecule has 2 aromatic rings. The molecular weight excluding hydrogens is 336 g/mol. The lowest BCUT2D eigenvalue weighted by atomic mass is 10.1. The Bertz CT molecular complexity index is 770. The summed E-state index contributed by atoms with van der Waals surface area (Å²) in [6.07, 6.45) is 1.27. The van der Waals surface area contributed by atoms with Crippen LogP contribution in [0.2, 0.25) is 0 Å². The summed E-state index contributed by atoms with van der Waals surface area (Å²) in [6, 6.07) is 3.83. The van der Waals surface area contributed by atoms with E-state index in [9.17, 15) is 4.79 Å². The summed E-state index contributed by atoms with van der Waals surface area (Å²) in [6.45, 7) is 8.71. The molecule has 0 fully saturated rings. The maximum Gasteiger partial charge on any atom is 0.230 e. The van der Waals surface area contributed by atoms with Crippen LogP contribution in [-0.2, 0) is 17.6 Å². The summed E-state index contributed by atoms with van der Waals surface area (Å²) in [5.74, 6) is 1.78. The van der Waals surface area contributed by atoms with Crippen molar-refractivity contribution in [3.8, 4) is 11.5 Å². The fraction of sp³-hybridized carbons (Fsp3) is 0.474. The molecular formula is C19H24N2O3S. The topological polar surface area (TPSA) is 60.5 Å².